The Hall–Kier alpha value is -1.03. The van der Waals surface area contributed by atoms with Crippen LogP contribution in [0.25, 0.3) is 0 Å². The lowest BCUT2D eigenvalue weighted by atomic mass is 10.3. The summed E-state index contributed by atoms with van der Waals surface area (Å²) in [6.07, 6.45) is 1.23. The molecule has 0 atom stereocenters. The number of fused-ring (bicyclic) bond motifs is 1. The van der Waals surface area contributed by atoms with Gasteiger partial charge in [0.05, 0.1) is 32.6 Å². The first-order valence-electron chi connectivity index (χ1n) is 6.70. The molecule has 0 unspecified atom stereocenters. The van der Waals surface area contributed by atoms with Crippen molar-refractivity contribution in [2.75, 3.05) is 39.1 Å². The molecule has 112 valence electrons. The van der Waals surface area contributed by atoms with E-state index in [2.05, 4.69) is 15.1 Å². The molecule has 2 aliphatic rings. The number of nitrogens with zero attached hydrogens (tertiary/aromatic N) is 5. The first-order valence-corrected chi connectivity index (χ1v) is 8.55. The number of hydrogen-bond acceptors (Lipinski definition) is 6. The predicted octanol–water partition coefficient (Wildman–Crippen LogP) is -1.11. The summed E-state index contributed by atoms with van der Waals surface area (Å²) in [7, 11) is -3.16. The first kappa shape index (κ1) is 13.9. The normalized spacial score (nSPS) is 21.9. The van der Waals surface area contributed by atoms with E-state index in [0.29, 0.717) is 19.6 Å². The number of sulfonamides is 1. The molecule has 3 rings (SSSR count). The Morgan fingerprint density at radius 2 is 1.90 bits per heavy atom. The molecule has 0 bridgehead atoms. The van der Waals surface area contributed by atoms with Crippen molar-refractivity contribution in [3.05, 3.63) is 11.6 Å². The summed E-state index contributed by atoms with van der Waals surface area (Å²) in [4.78, 5) is 2.28. The van der Waals surface area contributed by atoms with Crippen LogP contribution in [0.15, 0.2) is 0 Å². The van der Waals surface area contributed by atoms with Gasteiger partial charge in [-0.15, -0.1) is 10.2 Å². The van der Waals surface area contributed by atoms with Crippen molar-refractivity contribution < 1.29 is 13.2 Å². The molecule has 0 N–H and O–H groups in total. The Labute approximate surface area is 118 Å². The van der Waals surface area contributed by atoms with Gasteiger partial charge in [-0.05, 0) is 0 Å². The van der Waals surface area contributed by atoms with Gasteiger partial charge in [0.1, 0.15) is 11.6 Å². The molecular weight excluding hydrogens is 282 g/mol. The topological polar surface area (TPSA) is 80.6 Å². The molecular formula is C11H19N5O3S. The third-order valence-corrected chi connectivity index (χ3v) is 4.98. The zero-order chi connectivity index (χ0) is 14.2. The van der Waals surface area contributed by atoms with E-state index in [1.165, 1.54) is 10.6 Å². The van der Waals surface area contributed by atoms with Gasteiger partial charge in [0, 0.05) is 26.2 Å². The van der Waals surface area contributed by atoms with Gasteiger partial charge in [-0.3, -0.25) is 4.90 Å². The van der Waals surface area contributed by atoms with E-state index in [4.69, 9.17) is 4.74 Å². The molecule has 0 amide bonds. The van der Waals surface area contributed by atoms with Crippen LogP contribution in [0.3, 0.4) is 0 Å². The van der Waals surface area contributed by atoms with Gasteiger partial charge < -0.3 is 9.30 Å². The average molecular weight is 301 g/mol. The second-order valence-corrected chi connectivity index (χ2v) is 7.15. The first-order chi connectivity index (χ1) is 9.54. The molecule has 1 aromatic rings. The second kappa shape index (κ2) is 5.40. The van der Waals surface area contributed by atoms with Crippen LogP contribution in [0.5, 0.6) is 0 Å². The van der Waals surface area contributed by atoms with Crippen molar-refractivity contribution in [3.63, 3.8) is 0 Å². The van der Waals surface area contributed by atoms with Gasteiger partial charge in [-0.2, -0.15) is 4.31 Å². The molecule has 9 heteroatoms. The summed E-state index contributed by atoms with van der Waals surface area (Å²) < 4.78 is 31.9. The van der Waals surface area contributed by atoms with Crippen molar-refractivity contribution >= 4 is 10.0 Å². The predicted molar refractivity (Wildman–Crippen MR) is 71.4 cm³/mol. The third kappa shape index (κ3) is 2.85. The van der Waals surface area contributed by atoms with E-state index < -0.39 is 10.0 Å². The SMILES string of the molecule is CS(=O)(=O)N1CCn2c(CN3CCOCC3)nnc2C1. The summed E-state index contributed by atoms with van der Waals surface area (Å²) in [6.45, 7) is 5.47. The Kier molecular flexibility index (Phi) is 3.76. The molecule has 0 spiro atoms. The molecule has 1 fully saturated rings. The minimum absolute atomic E-state index is 0.314. The van der Waals surface area contributed by atoms with E-state index >= 15 is 0 Å². The van der Waals surface area contributed by atoms with Crippen LogP contribution in [0, 0.1) is 0 Å². The maximum absolute atomic E-state index is 11.6. The van der Waals surface area contributed by atoms with Crippen molar-refractivity contribution in [3.8, 4) is 0 Å². The van der Waals surface area contributed by atoms with Crippen LogP contribution in [0.4, 0.5) is 0 Å². The Morgan fingerprint density at radius 1 is 1.15 bits per heavy atom. The number of aromatic nitrogens is 3. The highest BCUT2D eigenvalue weighted by molar-refractivity contribution is 7.88. The minimum Gasteiger partial charge on any atom is -0.379 e. The highest BCUT2D eigenvalue weighted by Crippen LogP contribution is 2.16. The van der Waals surface area contributed by atoms with E-state index in [-0.39, 0.29) is 0 Å². The molecule has 1 aromatic heterocycles. The second-order valence-electron chi connectivity index (χ2n) is 5.17. The highest BCUT2D eigenvalue weighted by Gasteiger charge is 2.27. The fourth-order valence-electron chi connectivity index (χ4n) is 2.56. The Bertz CT molecular complexity index is 579. The van der Waals surface area contributed by atoms with E-state index in [1.54, 1.807) is 0 Å². The van der Waals surface area contributed by atoms with Crippen LogP contribution >= 0.6 is 0 Å². The fourth-order valence-corrected chi connectivity index (χ4v) is 3.32. The zero-order valence-corrected chi connectivity index (χ0v) is 12.3. The summed E-state index contributed by atoms with van der Waals surface area (Å²) >= 11 is 0. The molecule has 8 nitrogen and oxygen atoms in total. The third-order valence-electron chi connectivity index (χ3n) is 3.73. The smallest absolute Gasteiger partial charge is 0.211 e. The van der Waals surface area contributed by atoms with Gasteiger partial charge in [0.15, 0.2) is 0 Å². The minimum atomic E-state index is -3.16. The van der Waals surface area contributed by atoms with E-state index in [0.717, 1.165) is 44.5 Å². The van der Waals surface area contributed by atoms with Gasteiger partial charge in [0.25, 0.3) is 0 Å². The lowest BCUT2D eigenvalue weighted by Gasteiger charge is -2.28. The number of hydrogen-bond donors (Lipinski definition) is 0. The summed E-state index contributed by atoms with van der Waals surface area (Å²) in [5, 5.41) is 8.35. The lowest BCUT2D eigenvalue weighted by Crippen LogP contribution is -2.39. The van der Waals surface area contributed by atoms with E-state index in [9.17, 15) is 8.42 Å². The zero-order valence-electron chi connectivity index (χ0n) is 11.5. The maximum Gasteiger partial charge on any atom is 0.211 e. The lowest BCUT2D eigenvalue weighted by molar-refractivity contribution is 0.0324. The van der Waals surface area contributed by atoms with Crippen LogP contribution in [-0.4, -0.2) is 71.5 Å². The average Bonchev–Trinajstić information content (AvgIpc) is 2.81. The highest BCUT2D eigenvalue weighted by atomic mass is 32.2. The van der Waals surface area contributed by atoms with E-state index in [1.807, 2.05) is 4.57 Å². The molecule has 2 aliphatic heterocycles. The van der Waals surface area contributed by atoms with Gasteiger partial charge in [0.2, 0.25) is 10.0 Å². The molecule has 0 aliphatic carbocycles. The summed E-state index contributed by atoms with van der Waals surface area (Å²) in [5.41, 5.74) is 0. The van der Waals surface area contributed by atoms with Crippen molar-refractivity contribution in [1.82, 2.24) is 24.0 Å². The molecule has 0 saturated carbocycles. The molecule has 20 heavy (non-hydrogen) atoms. The summed E-state index contributed by atoms with van der Waals surface area (Å²) in [6, 6.07) is 0. The number of rotatable bonds is 3. The monoisotopic (exact) mass is 301 g/mol. The van der Waals surface area contributed by atoms with Crippen molar-refractivity contribution in [2.24, 2.45) is 0 Å². The van der Waals surface area contributed by atoms with Gasteiger partial charge in [-0.1, -0.05) is 0 Å². The van der Waals surface area contributed by atoms with Crippen molar-refractivity contribution in [2.45, 2.75) is 19.6 Å². The van der Waals surface area contributed by atoms with Gasteiger partial charge >= 0.3 is 0 Å². The maximum atomic E-state index is 11.6. The summed E-state index contributed by atoms with van der Waals surface area (Å²) in [5.74, 6) is 1.64. The fraction of sp³-hybridized carbons (Fsp3) is 0.818. The van der Waals surface area contributed by atoms with Crippen LogP contribution < -0.4 is 0 Å². The van der Waals surface area contributed by atoms with Crippen molar-refractivity contribution in [1.29, 1.82) is 0 Å². The molecule has 3 heterocycles. The molecule has 0 aromatic carbocycles. The molecule has 1 saturated heterocycles. The van der Waals surface area contributed by atoms with Crippen LogP contribution in [-0.2, 0) is 34.4 Å². The van der Waals surface area contributed by atoms with Crippen LogP contribution in [0.2, 0.25) is 0 Å². The molecule has 0 radical (unpaired) electrons. The standard InChI is InChI=1S/C11H19N5O3S/c1-20(17,18)15-2-3-16-10(12-13-11(16)9-15)8-14-4-6-19-7-5-14/h2-9H2,1H3. The quantitative estimate of drug-likeness (QED) is 0.704. The Balaban J connectivity index is 1.72. The largest absolute Gasteiger partial charge is 0.379 e. The Morgan fingerprint density at radius 3 is 2.60 bits per heavy atom. The van der Waals surface area contributed by atoms with Gasteiger partial charge in [-0.25, -0.2) is 8.42 Å². The number of morpholine rings is 1. The number of ether oxygens (including phenoxy) is 1. The van der Waals surface area contributed by atoms with Crippen LogP contribution in [0.1, 0.15) is 11.6 Å².